The molecule has 2 aliphatic heterocycles. The second-order valence-corrected chi connectivity index (χ2v) is 11.9. The number of carbonyl (C=O) groups excluding carboxylic acids is 1. The summed E-state index contributed by atoms with van der Waals surface area (Å²) in [4.78, 5) is 26.9. The van der Waals surface area contributed by atoms with Crippen molar-refractivity contribution < 1.29 is 17.9 Å². The van der Waals surface area contributed by atoms with Crippen LogP contribution in [0.2, 0.25) is 0 Å². The Morgan fingerprint density at radius 2 is 1.91 bits per heavy atom. The van der Waals surface area contributed by atoms with Crippen molar-refractivity contribution in [1.82, 2.24) is 19.8 Å². The number of benzene rings is 1. The second-order valence-electron chi connectivity index (χ2n) is 8.73. The van der Waals surface area contributed by atoms with Gasteiger partial charge in [0.25, 0.3) is 0 Å². The van der Waals surface area contributed by atoms with Crippen molar-refractivity contribution >= 4 is 38.4 Å². The minimum Gasteiger partial charge on any atom is -0.379 e. The highest BCUT2D eigenvalue weighted by Gasteiger charge is 2.41. The van der Waals surface area contributed by atoms with Crippen LogP contribution in [0.15, 0.2) is 29.3 Å². The summed E-state index contributed by atoms with van der Waals surface area (Å²) in [5.74, 6) is 1.30. The summed E-state index contributed by atoms with van der Waals surface area (Å²) >= 11 is 1.43. The Labute approximate surface area is 192 Å². The molecule has 0 unspecified atom stereocenters. The molecule has 0 bridgehead atoms. The molecule has 0 spiro atoms. The van der Waals surface area contributed by atoms with E-state index in [1.807, 2.05) is 29.2 Å². The predicted molar refractivity (Wildman–Crippen MR) is 123 cm³/mol. The number of ether oxygens (including phenoxy) is 1. The monoisotopic (exact) mass is 476 g/mol. The molecule has 5 rings (SSSR count). The topological polar surface area (TPSA) is 92.7 Å². The average Bonchev–Trinajstić information content (AvgIpc) is 3.55. The third-order valence-corrected chi connectivity index (χ3v) is 8.97. The van der Waals surface area contributed by atoms with E-state index in [1.165, 1.54) is 11.8 Å². The van der Waals surface area contributed by atoms with Crippen LogP contribution < -0.4 is 0 Å². The molecule has 172 valence electrons. The largest absolute Gasteiger partial charge is 0.379 e. The van der Waals surface area contributed by atoms with Crippen LogP contribution in [0.5, 0.6) is 0 Å². The fourth-order valence-electron chi connectivity index (χ4n) is 4.49. The van der Waals surface area contributed by atoms with E-state index in [2.05, 4.69) is 4.90 Å². The van der Waals surface area contributed by atoms with Crippen LogP contribution in [0, 0.1) is 0 Å². The number of nitrogens with zero attached hydrogens (tertiary/aromatic N) is 4. The van der Waals surface area contributed by atoms with E-state index in [4.69, 9.17) is 14.7 Å². The van der Waals surface area contributed by atoms with Gasteiger partial charge in [-0.1, -0.05) is 30.0 Å². The predicted octanol–water partition coefficient (Wildman–Crippen LogP) is 1.73. The molecule has 1 aromatic heterocycles. The Balaban J connectivity index is 1.33. The van der Waals surface area contributed by atoms with Crippen molar-refractivity contribution in [2.24, 2.45) is 0 Å². The van der Waals surface area contributed by atoms with E-state index in [-0.39, 0.29) is 35.2 Å². The summed E-state index contributed by atoms with van der Waals surface area (Å²) in [6.45, 7) is 3.81. The van der Waals surface area contributed by atoms with Gasteiger partial charge in [-0.15, -0.1) is 0 Å². The quantitative estimate of drug-likeness (QED) is 0.441. The van der Waals surface area contributed by atoms with Crippen LogP contribution in [-0.4, -0.2) is 89.7 Å². The minimum absolute atomic E-state index is 0.0111. The Hall–Kier alpha value is -1.75. The molecule has 1 aromatic carbocycles. The summed E-state index contributed by atoms with van der Waals surface area (Å²) in [7, 11) is -3.03. The molecule has 2 aromatic rings. The average molecular weight is 477 g/mol. The van der Waals surface area contributed by atoms with Gasteiger partial charge in [0.2, 0.25) is 5.91 Å². The maximum absolute atomic E-state index is 13.2. The molecule has 2 saturated heterocycles. The van der Waals surface area contributed by atoms with Crippen LogP contribution in [0.25, 0.3) is 10.9 Å². The van der Waals surface area contributed by atoms with E-state index < -0.39 is 9.84 Å². The van der Waals surface area contributed by atoms with Crippen LogP contribution >= 0.6 is 11.8 Å². The zero-order valence-electron chi connectivity index (χ0n) is 18.0. The summed E-state index contributed by atoms with van der Waals surface area (Å²) in [6.07, 6.45) is 2.48. The maximum Gasteiger partial charge on any atom is 0.233 e. The Morgan fingerprint density at radius 1 is 1.12 bits per heavy atom. The number of carbonyl (C=O) groups is 1. The van der Waals surface area contributed by atoms with Gasteiger partial charge in [-0.05, 0) is 25.3 Å². The van der Waals surface area contributed by atoms with Gasteiger partial charge >= 0.3 is 0 Å². The van der Waals surface area contributed by atoms with Gasteiger partial charge in [0.1, 0.15) is 10.9 Å². The number of aromatic nitrogens is 2. The molecule has 1 atom stereocenters. The smallest absolute Gasteiger partial charge is 0.233 e. The number of rotatable bonds is 7. The fourth-order valence-corrected chi connectivity index (χ4v) is 7.11. The highest BCUT2D eigenvalue weighted by molar-refractivity contribution is 8.00. The molecule has 3 fully saturated rings. The number of fused-ring (bicyclic) bond motifs is 1. The SMILES string of the molecule is O=C(CSc1nc(CN2CCOCC2)nc2ccccc12)N(C1CC1)[C@@H]1CCS(=O)(=O)C1. The first kappa shape index (κ1) is 22.1. The molecule has 0 N–H and O–H groups in total. The van der Waals surface area contributed by atoms with Crippen LogP contribution in [0.4, 0.5) is 0 Å². The Kier molecular flexibility index (Phi) is 6.37. The van der Waals surface area contributed by atoms with E-state index >= 15 is 0 Å². The van der Waals surface area contributed by atoms with Crippen molar-refractivity contribution in [3.8, 4) is 0 Å². The molecule has 32 heavy (non-hydrogen) atoms. The van der Waals surface area contributed by atoms with Crippen LogP contribution in [0.3, 0.4) is 0 Å². The van der Waals surface area contributed by atoms with Crippen molar-refractivity contribution in [3.05, 3.63) is 30.1 Å². The van der Waals surface area contributed by atoms with E-state index in [1.54, 1.807) is 0 Å². The lowest BCUT2D eigenvalue weighted by Gasteiger charge is -2.28. The van der Waals surface area contributed by atoms with Gasteiger partial charge in [0, 0.05) is 30.6 Å². The number of hydrogen-bond acceptors (Lipinski definition) is 8. The molecular weight excluding hydrogens is 448 g/mol. The van der Waals surface area contributed by atoms with Gasteiger partial charge in [-0.2, -0.15) is 0 Å². The van der Waals surface area contributed by atoms with Crippen LogP contribution in [0.1, 0.15) is 25.1 Å². The van der Waals surface area contributed by atoms with Crippen molar-refractivity contribution in [2.45, 2.75) is 42.9 Å². The van der Waals surface area contributed by atoms with Gasteiger partial charge < -0.3 is 9.64 Å². The standard InChI is InChI=1S/C22H28N4O4S2/c27-21(26(16-5-6-16)17-7-12-32(28,29)15-17)14-31-22-18-3-1-2-4-19(18)23-20(24-22)13-25-8-10-30-11-9-25/h1-4,16-17H,5-15H2/t17-/m1/s1. The van der Waals surface area contributed by atoms with Crippen molar-refractivity contribution in [3.63, 3.8) is 0 Å². The van der Waals surface area contributed by atoms with E-state index in [0.29, 0.717) is 13.0 Å². The summed E-state index contributed by atoms with van der Waals surface area (Å²) in [5.41, 5.74) is 0.877. The normalized spacial score (nSPS) is 23.4. The number of amides is 1. The molecule has 1 amide bonds. The lowest BCUT2D eigenvalue weighted by Crippen LogP contribution is -2.43. The highest BCUT2D eigenvalue weighted by atomic mass is 32.2. The van der Waals surface area contributed by atoms with E-state index in [0.717, 1.165) is 60.9 Å². The first-order chi connectivity index (χ1) is 15.5. The van der Waals surface area contributed by atoms with Gasteiger partial charge in [-0.25, -0.2) is 18.4 Å². The Bertz CT molecular complexity index is 1100. The second kappa shape index (κ2) is 9.24. The highest BCUT2D eigenvalue weighted by Crippen LogP contribution is 2.34. The van der Waals surface area contributed by atoms with E-state index in [9.17, 15) is 13.2 Å². The summed E-state index contributed by atoms with van der Waals surface area (Å²) in [6, 6.07) is 7.90. The molecule has 3 aliphatic rings. The lowest BCUT2D eigenvalue weighted by molar-refractivity contribution is -0.130. The molecule has 8 nitrogen and oxygen atoms in total. The van der Waals surface area contributed by atoms with Crippen LogP contribution in [-0.2, 0) is 25.9 Å². The number of sulfone groups is 1. The zero-order valence-corrected chi connectivity index (χ0v) is 19.6. The first-order valence-corrected chi connectivity index (χ1v) is 14.0. The van der Waals surface area contributed by atoms with Gasteiger partial charge in [-0.3, -0.25) is 9.69 Å². The van der Waals surface area contributed by atoms with Crippen molar-refractivity contribution in [2.75, 3.05) is 43.6 Å². The van der Waals surface area contributed by atoms with Gasteiger partial charge in [0.05, 0.1) is 42.5 Å². The molecular formula is C22H28N4O4S2. The number of thioether (sulfide) groups is 1. The fraction of sp³-hybridized carbons (Fsp3) is 0.591. The third kappa shape index (κ3) is 5.08. The zero-order chi connectivity index (χ0) is 22.1. The number of para-hydroxylation sites is 1. The van der Waals surface area contributed by atoms with Gasteiger partial charge in [0.15, 0.2) is 9.84 Å². The molecule has 0 radical (unpaired) electrons. The summed E-state index contributed by atoms with van der Waals surface area (Å²) in [5, 5.41) is 1.75. The summed E-state index contributed by atoms with van der Waals surface area (Å²) < 4.78 is 29.4. The first-order valence-electron chi connectivity index (χ1n) is 11.2. The Morgan fingerprint density at radius 3 is 2.62 bits per heavy atom. The third-order valence-electron chi connectivity index (χ3n) is 6.25. The minimum atomic E-state index is -3.03. The van der Waals surface area contributed by atoms with Crippen molar-refractivity contribution in [1.29, 1.82) is 0 Å². The molecule has 1 aliphatic carbocycles. The molecule has 10 heteroatoms. The number of morpholine rings is 1. The maximum atomic E-state index is 13.2. The molecule has 1 saturated carbocycles. The lowest BCUT2D eigenvalue weighted by atomic mass is 10.2. The number of hydrogen-bond donors (Lipinski definition) is 0. The molecule has 3 heterocycles.